The van der Waals surface area contributed by atoms with Crippen molar-refractivity contribution in [2.24, 2.45) is 0 Å². The first-order valence-corrected chi connectivity index (χ1v) is 4.35. The molecule has 0 saturated heterocycles. The van der Waals surface area contributed by atoms with Gasteiger partial charge in [0.2, 0.25) is 0 Å². The monoisotopic (exact) mass is 328 g/mol. The summed E-state index contributed by atoms with van der Waals surface area (Å²) in [5, 5.41) is 0. The minimum absolute atomic E-state index is 0. The molecule has 0 atom stereocenters. The molecule has 0 N–H and O–H groups in total. The van der Waals surface area contributed by atoms with Crippen LogP contribution in [0.5, 0.6) is 0 Å². The number of nitrogens with zero attached hydrogens (tertiary/aromatic N) is 2. The summed E-state index contributed by atoms with van der Waals surface area (Å²) >= 11 is 0. The van der Waals surface area contributed by atoms with E-state index < -0.39 is 0 Å². The van der Waals surface area contributed by atoms with Crippen LogP contribution in [0.3, 0.4) is 0 Å². The summed E-state index contributed by atoms with van der Waals surface area (Å²) in [5.74, 6) is 0. The fourth-order valence-electron chi connectivity index (χ4n) is 1.12. The molecule has 0 aliphatic heterocycles. The number of hydrogen-bond acceptors (Lipinski definition) is 2. The van der Waals surface area contributed by atoms with Crippen LogP contribution in [0.25, 0.3) is 0 Å². The molecular weight excluding hydrogens is 313 g/mol. The third-order valence-electron chi connectivity index (χ3n) is 1.88. The molecular formula is C11H15N2V3-. The van der Waals surface area contributed by atoms with Crippen LogP contribution < -0.4 is 0 Å². The molecule has 0 unspecified atom stereocenters. The number of rotatable bonds is 4. The van der Waals surface area contributed by atoms with Crippen molar-refractivity contribution < 1.29 is 55.7 Å². The van der Waals surface area contributed by atoms with Crippen LogP contribution in [-0.4, -0.2) is 23.0 Å². The quantitative estimate of drug-likeness (QED) is 0.783. The van der Waals surface area contributed by atoms with Gasteiger partial charge in [0, 0.05) is 49.4 Å². The van der Waals surface area contributed by atoms with E-state index in [0.29, 0.717) is 0 Å². The Bertz CT molecular complexity index is 265. The van der Waals surface area contributed by atoms with Crippen LogP contribution in [0.4, 0.5) is 0 Å². The second kappa shape index (κ2) is 12.2. The van der Waals surface area contributed by atoms with Crippen LogP contribution in [0.15, 0.2) is 18.2 Å². The van der Waals surface area contributed by atoms with Gasteiger partial charge in [-0.25, -0.2) is 6.92 Å². The first kappa shape index (κ1) is 22.0. The standard InChI is InChI=1S/C11H15N2.3V/c1-4-13(5-2)9-11-8-6-7-10(3)12-11;;;/h6-8H,1-5,9H2;;;/q-3;;;+2. The van der Waals surface area contributed by atoms with E-state index in [2.05, 4.69) is 30.7 Å². The summed E-state index contributed by atoms with van der Waals surface area (Å²) in [7, 11) is 0. The normalized spacial score (nSPS) is 8.69. The number of pyridine rings is 1. The van der Waals surface area contributed by atoms with Crippen LogP contribution in [-0.2, 0) is 62.2 Å². The topological polar surface area (TPSA) is 16.1 Å². The third-order valence-corrected chi connectivity index (χ3v) is 1.88. The van der Waals surface area contributed by atoms with E-state index in [-0.39, 0.29) is 55.7 Å². The van der Waals surface area contributed by atoms with E-state index in [4.69, 9.17) is 0 Å². The molecule has 5 heteroatoms. The van der Waals surface area contributed by atoms with Gasteiger partial charge in [-0.1, -0.05) is 6.07 Å². The van der Waals surface area contributed by atoms with E-state index in [0.717, 1.165) is 31.0 Å². The molecule has 16 heavy (non-hydrogen) atoms. The van der Waals surface area contributed by atoms with Crippen LogP contribution in [0.1, 0.15) is 11.4 Å². The summed E-state index contributed by atoms with van der Waals surface area (Å²) < 4.78 is 0. The minimum atomic E-state index is 0. The fourth-order valence-corrected chi connectivity index (χ4v) is 1.12. The van der Waals surface area contributed by atoms with Gasteiger partial charge in [0.25, 0.3) is 0 Å². The number of aromatic nitrogens is 1. The van der Waals surface area contributed by atoms with E-state index in [9.17, 15) is 0 Å². The van der Waals surface area contributed by atoms with Crippen LogP contribution >= 0.6 is 0 Å². The zero-order valence-electron chi connectivity index (χ0n) is 9.21. The Balaban J connectivity index is -0.000000563. The Kier molecular flexibility index (Phi) is 16.7. The molecule has 0 bridgehead atoms. The van der Waals surface area contributed by atoms with Gasteiger partial charge in [-0.05, 0) is 0 Å². The molecule has 0 fully saturated rings. The molecule has 0 aliphatic rings. The second-order valence-corrected chi connectivity index (χ2v) is 2.90. The van der Waals surface area contributed by atoms with Crippen molar-refractivity contribution in [1.29, 1.82) is 0 Å². The molecule has 0 amide bonds. The van der Waals surface area contributed by atoms with Gasteiger partial charge in [-0.3, -0.25) is 4.98 Å². The van der Waals surface area contributed by atoms with E-state index in [1.165, 1.54) is 0 Å². The third kappa shape index (κ3) is 7.92. The Hall–Kier alpha value is 0.733. The van der Waals surface area contributed by atoms with Gasteiger partial charge >= 0.3 is 18.6 Å². The summed E-state index contributed by atoms with van der Waals surface area (Å²) in [6.07, 6.45) is 0. The minimum Gasteiger partial charge on any atom is -0.357 e. The van der Waals surface area contributed by atoms with E-state index in [1.807, 2.05) is 18.2 Å². The number of hydrogen-bond donors (Lipinski definition) is 0. The maximum absolute atomic E-state index is 4.30. The van der Waals surface area contributed by atoms with E-state index in [1.54, 1.807) is 0 Å². The largest absolute Gasteiger partial charge is 2.00 e. The Morgan fingerprint density at radius 3 is 2.12 bits per heavy atom. The summed E-state index contributed by atoms with van der Waals surface area (Å²) in [6, 6.07) is 5.85. The van der Waals surface area contributed by atoms with Gasteiger partial charge in [0.15, 0.2) is 0 Å². The average Bonchev–Trinajstić information content (AvgIpc) is 2.14. The van der Waals surface area contributed by atoms with Gasteiger partial charge in [-0.2, -0.15) is 6.07 Å². The van der Waals surface area contributed by atoms with Crippen molar-refractivity contribution in [3.05, 3.63) is 50.4 Å². The first-order chi connectivity index (χ1) is 6.26. The zero-order valence-corrected chi connectivity index (χ0v) is 13.4. The molecule has 0 aliphatic carbocycles. The molecule has 85 valence electrons. The predicted octanol–water partition coefficient (Wildman–Crippen LogP) is 1.73. The Morgan fingerprint density at radius 1 is 1.12 bits per heavy atom. The Morgan fingerprint density at radius 2 is 1.69 bits per heavy atom. The van der Waals surface area contributed by atoms with Gasteiger partial charge in [0.1, 0.15) is 0 Å². The molecule has 1 rings (SSSR count). The Labute approximate surface area is 135 Å². The SMILES string of the molecule is [CH2-]CN(C[CH2-])Cc1cccc([CH2-])n1.[V+2].[V].[V]. The summed E-state index contributed by atoms with van der Waals surface area (Å²) in [4.78, 5) is 6.41. The molecule has 1 aromatic heterocycles. The van der Waals surface area contributed by atoms with Crippen molar-refractivity contribution in [3.8, 4) is 0 Å². The smallest absolute Gasteiger partial charge is 0.357 e. The van der Waals surface area contributed by atoms with Crippen molar-refractivity contribution in [2.45, 2.75) is 6.54 Å². The molecule has 2 nitrogen and oxygen atoms in total. The van der Waals surface area contributed by atoms with Crippen molar-refractivity contribution in [1.82, 2.24) is 9.88 Å². The molecule has 1 aromatic rings. The van der Waals surface area contributed by atoms with E-state index >= 15 is 0 Å². The zero-order chi connectivity index (χ0) is 9.68. The van der Waals surface area contributed by atoms with Crippen LogP contribution in [0.2, 0.25) is 0 Å². The first-order valence-electron chi connectivity index (χ1n) is 4.35. The van der Waals surface area contributed by atoms with Gasteiger partial charge < -0.3 is 18.7 Å². The van der Waals surface area contributed by atoms with Crippen LogP contribution in [0, 0.1) is 20.8 Å². The van der Waals surface area contributed by atoms with Gasteiger partial charge in [-0.15, -0.1) is 24.8 Å². The van der Waals surface area contributed by atoms with Crippen molar-refractivity contribution in [3.63, 3.8) is 0 Å². The molecule has 0 aromatic carbocycles. The second-order valence-electron chi connectivity index (χ2n) is 2.90. The summed E-state index contributed by atoms with van der Waals surface area (Å²) in [5.41, 5.74) is 1.84. The predicted molar refractivity (Wildman–Crippen MR) is 54.7 cm³/mol. The van der Waals surface area contributed by atoms with Crippen molar-refractivity contribution >= 4 is 0 Å². The van der Waals surface area contributed by atoms with Gasteiger partial charge in [0.05, 0.1) is 0 Å². The molecule has 3 radical (unpaired) electrons. The maximum atomic E-state index is 4.30. The summed E-state index contributed by atoms with van der Waals surface area (Å²) in [6.45, 7) is 13.7. The average molecular weight is 328 g/mol. The fraction of sp³-hybridized carbons (Fsp3) is 0.273. The van der Waals surface area contributed by atoms with Crippen molar-refractivity contribution in [2.75, 3.05) is 13.1 Å². The molecule has 0 spiro atoms. The molecule has 1 heterocycles. The molecule has 0 saturated carbocycles. The maximum Gasteiger partial charge on any atom is 2.00 e.